The minimum atomic E-state index is -0.402. The van der Waals surface area contributed by atoms with Gasteiger partial charge >= 0.3 is 5.97 Å². The molecule has 0 aliphatic carbocycles. The zero-order chi connectivity index (χ0) is 18.7. The molecule has 0 aromatic heterocycles. The Kier molecular flexibility index (Phi) is 5.94. The van der Waals surface area contributed by atoms with Crippen molar-refractivity contribution in [3.8, 4) is 0 Å². The molecule has 4 heteroatoms. The Morgan fingerprint density at radius 2 is 1.72 bits per heavy atom. The molecule has 1 fully saturated rings. The van der Waals surface area contributed by atoms with Gasteiger partial charge in [-0.1, -0.05) is 30.3 Å². The lowest BCUT2D eigenvalue weighted by Crippen LogP contribution is -2.60. The number of allylic oxidation sites excluding steroid dienone is 1. The first kappa shape index (κ1) is 19.5. The molecular weight excluding hydrogens is 314 g/mol. The van der Waals surface area contributed by atoms with Gasteiger partial charge in [-0.15, -0.1) is 0 Å². The standard InChI is InChI=1S/C21H31NO3/c1-7-18(19(23)24-15-16-11-9-8-10-12-16)25-17-13-20(2,3)22(6)21(4,5)14-17/h7-12,17H,13-15H2,1-6H3. The topological polar surface area (TPSA) is 38.8 Å². The Morgan fingerprint density at radius 3 is 2.24 bits per heavy atom. The van der Waals surface area contributed by atoms with Crippen LogP contribution in [0.1, 0.15) is 53.0 Å². The number of nitrogens with zero attached hydrogens (tertiary/aromatic N) is 1. The zero-order valence-corrected chi connectivity index (χ0v) is 16.3. The van der Waals surface area contributed by atoms with Crippen molar-refractivity contribution in [2.24, 2.45) is 0 Å². The summed E-state index contributed by atoms with van der Waals surface area (Å²) in [6.07, 6.45) is 3.44. The Morgan fingerprint density at radius 1 is 1.16 bits per heavy atom. The van der Waals surface area contributed by atoms with Crippen LogP contribution in [0.2, 0.25) is 0 Å². The maximum absolute atomic E-state index is 12.4. The molecule has 0 amide bonds. The minimum Gasteiger partial charge on any atom is -0.483 e. The molecule has 2 rings (SSSR count). The van der Waals surface area contributed by atoms with E-state index in [1.54, 1.807) is 6.08 Å². The van der Waals surface area contributed by atoms with Crippen LogP contribution in [-0.4, -0.2) is 35.1 Å². The van der Waals surface area contributed by atoms with Gasteiger partial charge in [0.05, 0.1) is 0 Å². The van der Waals surface area contributed by atoms with Crippen LogP contribution in [0.5, 0.6) is 0 Å². The molecule has 0 saturated carbocycles. The third-order valence-corrected chi connectivity index (χ3v) is 5.24. The summed E-state index contributed by atoms with van der Waals surface area (Å²) >= 11 is 0. The number of carbonyl (C=O) groups is 1. The molecule has 0 N–H and O–H groups in total. The van der Waals surface area contributed by atoms with Gasteiger partial charge in [-0.2, -0.15) is 0 Å². The molecule has 0 atom stereocenters. The van der Waals surface area contributed by atoms with Gasteiger partial charge in [0, 0.05) is 23.9 Å². The fraction of sp³-hybridized carbons (Fsp3) is 0.571. The summed E-state index contributed by atoms with van der Waals surface area (Å²) in [5, 5.41) is 0. The Hall–Kier alpha value is -1.81. The van der Waals surface area contributed by atoms with Crippen LogP contribution in [0.3, 0.4) is 0 Å². The van der Waals surface area contributed by atoms with Crippen LogP contribution in [0.25, 0.3) is 0 Å². The normalized spacial score (nSPS) is 21.0. The highest BCUT2D eigenvalue weighted by molar-refractivity contribution is 5.86. The van der Waals surface area contributed by atoms with E-state index in [1.165, 1.54) is 0 Å². The van der Waals surface area contributed by atoms with E-state index in [0.29, 0.717) is 5.76 Å². The van der Waals surface area contributed by atoms with E-state index < -0.39 is 5.97 Å². The largest absolute Gasteiger partial charge is 0.483 e. The van der Waals surface area contributed by atoms with E-state index in [9.17, 15) is 4.79 Å². The highest BCUT2D eigenvalue weighted by Gasteiger charge is 2.44. The average Bonchev–Trinajstić information content (AvgIpc) is 2.56. The molecule has 138 valence electrons. The Balaban J connectivity index is 1.98. The van der Waals surface area contributed by atoms with Gasteiger partial charge < -0.3 is 9.47 Å². The maximum atomic E-state index is 12.4. The molecule has 0 bridgehead atoms. The molecular formula is C21H31NO3. The molecule has 0 unspecified atom stereocenters. The zero-order valence-electron chi connectivity index (χ0n) is 16.3. The Bertz CT molecular complexity index is 601. The van der Waals surface area contributed by atoms with Crippen LogP contribution < -0.4 is 0 Å². The van der Waals surface area contributed by atoms with Gasteiger partial charge in [0.2, 0.25) is 5.76 Å². The van der Waals surface area contributed by atoms with Crippen molar-refractivity contribution in [2.45, 2.75) is 71.2 Å². The van der Waals surface area contributed by atoms with Crippen LogP contribution in [-0.2, 0) is 20.9 Å². The predicted octanol–water partition coefficient (Wildman–Crippen LogP) is 4.30. The number of hydrogen-bond donors (Lipinski definition) is 0. The second-order valence-electron chi connectivity index (χ2n) is 8.05. The van der Waals surface area contributed by atoms with E-state index >= 15 is 0 Å². The smallest absolute Gasteiger partial charge is 0.373 e. The van der Waals surface area contributed by atoms with Crippen molar-refractivity contribution in [1.82, 2.24) is 4.90 Å². The molecule has 1 aromatic carbocycles. The van der Waals surface area contributed by atoms with Gasteiger partial charge in [0.1, 0.15) is 12.7 Å². The average molecular weight is 345 g/mol. The monoisotopic (exact) mass is 345 g/mol. The Labute approximate surface area is 151 Å². The van der Waals surface area contributed by atoms with Gasteiger partial charge in [0.25, 0.3) is 0 Å². The van der Waals surface area contributed by atoms with E-state index in [4.69, 9.17) is 9.47 Å². The van der Waals surface area contributed by atoms with Crippen molar-refractivity contribution in [3.63, 3.8) is 0 Å². The molecule has 0 spiro atoms. The number of piperidine rings is 1. The molecule has 1 aliphatic rings. The molecule has 0 radical (unpaired) electrons. The third kappa shape index (κ3) is 4.85. The van der Waals surface area contributed by atoms with Crippen LogP contribution in [0, 0.1) is 0 Å². The lowest BCUT2D eigenvalue weighted by molar-refractivity contribution is -0.148. The molecule has 1 heterocycles. The van der Waals surface area contributed by atoms with Crippen molar-refractivity contribution in [1.29, 1.82) is 0 Å². The minimum absolute atomic E-state index is 0.00308. The highest BCUT2D eigenvalue weighted by atomic mass is 16.6. The first-order valence-corrected chi connectivity index (χ1v) is 8.94. The van der Waals surface area contributed by atoms with Crippen LogP contribution >= 0.6 is 0 Å². The predicted molar refractivity (Wildman–Crippen MR) is 100 cm³/mol. The second kappa shape index (κ2) is 7.61. The maximum Gasteiger partial charge on any atom is 0.373 e. The van der Waals surface area contributed by atoms with Crippen molar-refractivity contribution >= 4 is 5.97 Å². The van der Waals surface area contributed by atoms with E-state index in [1.807, 2.05) is 37.3 Å². The fourth-order valence-electron chi connectivity index (χ4n) is 3.57. The van der Waals surface area contributed by atoms with Crippen molar-refractivity contribution in [2.75, 3.05) is 7.05 Å². The van der Waals surface area contributed by atoms with Gasteiger partial charge in [-0.05, 0) is 53.3 Å². The summed E-state index contributed by atoms with van der Waals surface area (Å²) in [7, 11) is 2.15. The summed E-state index contributed by atoms with van der Waals surface area (Å²) in [4.78, 5) is 14.8. The fourth-order valence-corrected chi connectivity index (χ4v) is 3.57. The number of ether oxygens (including phenoxy) is 2. The second-order valence-corrected chi connectivity index (χ2v) is 8.05. The number of rotatable bonds is 5. The number of carbonyl (C=O) groups excluding carboxylic acids is 1. The number of benzene rings is 1. The van der Waals surface area contributed by atoms with Gasteiger partial charge in [-0.25, -0.2) is 4.79 Å². The van der Waals surface area contributed by atoms with Crippen molar-refractivity contribution < 1.29 is 14.3 Å². The van der Waals surface area contributed by atoms with Gasteiger partial charge in [-0.3, -0.25) is 4.90 Å². The number of hydrogen-bond acceptors (Lipinski definition) is 4. The first-order chi connectivity index (χ1) is 11.7. The molecule has 1 aromatic rings. The highest BCUT2D eigenvalue weighted by Crippen LogP contribution is 2.38. The summed E-state index contributed by atoms with van der Waals surface area (Å²) < 4.78 is 11.5. The lowest BCUT2D eigenvalue weighted by Gasteiger charge is -2.53. The SMILES string of the molecule is CC=C(OC1CC(C)(C)N(C)C(C)(C)C1)C(=O)OCc1ccccc1. The summed E-state index contributed by atoms with van der Waals surface area (Å²) in [6.45, 7) is 10.9. The summed E-state index contributed by atoms with van der Waals surface area (Å²) in [5.74, 6) is -0.0991. The van der Waals surface area contributed by atoms with E-state index in [0.717, 1.165) is 18.4 Å². The third-order valence-electron chi connectivity index (χ3n) is 5.24. The van der Waals surface area contributed by atoms with Crippen LogP contribution in [0.15, 0.2) is 42.2 Å². The molecule has 4 nitrogen and oxygen atoms in total. The summed E-state index contributed by atoms with van der Waals surface area (Å²) in [5.41, 5.74) is 0.992. The molecule has 1 saturated heterocycles. The quantitative estimate of drug-likeness (QED) is 0.453. The molecule has 1 aliphatic heterocycles. The number of esters is 1. The van der Waals surface area contributed by atoms with E-state index in [2.05, 4.69) is 39.6 Å². The number of likely N-dealkylation sites (tertiary alicyclic amines) is 1. The van der Waals surface area contributed by atoms with E-state index in [-0.39, 0.29) is 23.8 Å². The van der Waals surface area contributed by atoms with Crippen LogP contribution in [0.4, 0.5) is 0 Å². The molecule has 25 heavy (non-hydrogen) atoms. The first-order valence-electron chi connectivity index (χ1n) is 8.94. The van der Waals surface area contributed by atoms with Crippen molar-refractivity contribution in [3.05, 3.63) is 47.7 Å². The summed E-state index contributed by atoms with van der Waals surface area (Å²) in [6, 6.07) is 9.67. The van der Waals surface area contributed by atoms with Gasteiger partial charge in [0.15, 0.2) is 0 Å². The lowest BCUT2D eigenvalue weighted by atomic mass is 9.79.